The van der Waals surface area contributed by atoms with Crippen LogP contribution in [0.25, 0.3) is 0 Å². The van der Waals surface area contributed by atoms with E-state index in [1.54, 1.807) is 0 Å². The first-order valence-electron chi connectivity index (χ1n) is 4.36. The molecule has 0 aliphatic heterocycles. The molecular weight excluding hydrogens is 569 g/mol. The average molecular weight is 569 g/mol. The van der Waals surface area contributed by atoms with Crippen LogP contribution in [0, 0.1) is 0 Å². The third-order valence-electron chi connectivity index (χ3n) is 1.33. The van der Waals surface area contributed by atoms with Gasteiger partial charge in [-0.1, -0.05) is 0 Å². The van der Waals surface area contributed by atoms with E-state index in [2.05, 4.69) is 7.38 Å². The molecule has 0 fully saturated rings. The standard InChI is InChI=1S/3CHF3O3S.Sb/c3*2-1(3,4)8(5,6)7;/h3*(H,5,6,7);/q;;;+3/p-3. The van der Waals surface area contributed by atoms with Gasteiger partial charge in [-0.25, -0.2) is 0 Å². The van der Waals surface area contributed by atoms with Crippen LogP contribution in [0.15, 0.2) is 0 Å². The van der Waals surface area contributed by atoms with Gasteiger partial charge in [-0.2, -0.15) is 0 Å². The maximum absolute atomic E-state index is 12.0. The zero-order valence-corrected chi connectivity index (χ0v) is 15.3. The predicted molar refractivity (Wildman–Crippen MR) is 53.9 cm³/mol. The zero-order chi connectivity index (χ0) is 20.7. The molecule has 0 aromatic carbocycles. The SMILES string of the molecule is O=S(=O)([O][Sb]([O]S(=O)(=O)C(F)(F)F)[O]S(=O)(=O)C(F)(F)F)C(F)(F)F. The Labute approximate surface area is 140 Å². The van der Waals surface area contributed by atoms with Crippen molar-refractivity contribution in [3.8, 4) is 0 Å². The van der Waals surface area contributed by atoms with Gasteiger partial charge in [0.15, 0.2) is 0 Å². The molecule has 0 amide bonds. The van der Waals surface area contributed by atoms with Crippen LogP contribution in [-0.4, -0.2) is 63.2 Å². The third-order valence-corrected chi connectivity index (χ3v) is 12.1. The fourth-order valence-corrected chi connectivity index (χ4v) is 9.64. The fraction of sp³-hybridized carbons (Fsp3) is 1.00. The summed E-state index contributed by atoms with van der Waals surface area (Å²) < 4.78 is 179. The molecule has 0 atom stereocenters. The Bertz CT molecular complexity index is 677. The average Bonchev–Trinajstić information content (AvgIpc) is 2.21. The Morgan fingerprint density at radius 1 is 0.480 bits per heavy atom. The molecule has 0 aliphatic carbocycles. The first-order chi connectivity index (χ1) is 10.5. The molecule has 0 N–H and O–H groups in total. The van der Waals surface area contributed by atoms with E-state index in [4.69, 9.17) is 0 Å². The van der Waals surface area contributed by atoms with Crippen LogP contribution in [0.1, 0.15) is 0 Å². The Kier molecular flexibility index (Phi) is 7.13. The Morgan fingerprint density at radius 3 is 0.760 bits per heavy atom. The van der Waals surface area contributed by atoms with Crippen LogP contribution >= 0.6 is 0 Å². The Balaban J connectivity index is 5.96. The first-order valence-corrected chi connectivity index (χ1v) is 11.7. The normalized spacial score (nSPS) is 15.6. The molecule has 25 heavy (non-hydrogen) atoms. The number of alkyl halides is 9. The molecule has 22 heteroatoms. The molecule has 0 spiro atoms. The molecule has 0 saturated carbocycles. The molecule has 0 saturated heterocycles. The van der Waals surface area contributed by atoms with Crippen LogP contribution < -0.4 is 0 Å². The molecule has 9 nitrogen and oxygen atoms in total. The van der Waals surface area contributed by atoms with Crippen molar-refractivity contribution >= 4 is 51.8 Å². The van der Waals surface area contributed by atoms with Crippen molar-refractivity contribution in [2.45, 2.75) is 16.5 Å². The molecule has 0 heterocycles. The van der Waals surface area contributed by atoms with E-state index < -0.39 is 68.3 Å². The van der Waals surface area contributed by atoms with Gasteiger partial charge in [-0.3, -0.25) is 0 Å². The van der Waals surface area contributed by atoms with E-state index in [0.717, 1.165) is 0 Å². The summed E-state index contributed by atoms with van der Waals surface area (Å²) in [6.45, 7) is 0. The summed E-state index contributed by atoms with van der Waals surface area (Å²) in [7, 11) is -21.2. The van der Waals surface area contributed by atoms with Gasteiger partial charge < -0.3 is 0 Å². The molecule has 0 bridgehead atoms. The third kappa shape index (κ3) is 6.54. The van der Waals surface area contributed by atoms with Crippen LogP contribution in [0.5, 0.6) is 0 Å². The van der Waals surface area contributed by atoms with Crippen molar-refractivity contribution in [3.63, 3.8) is 0 Å². The summed E-state index contributed by atoms with van der Waals surface area (Å²) in [6, 6.07) is 0. The van der Waals surface area contributed by atoms with Crippen LogP contribution in [0.2, 0.25) is 0 Å². The van der Waals surface area contributed by atoms with E-state index in [9.17, 15) is 64.8 Å². The number of hydrogen-bond acceptors (Lipinski definition) is 9. The predicted octanol–water partition coefficient (Wildman–Crippen LogP) is 0.570. The maximum atomic E-state index is 12.0. The molecule has 0 aromatic heterocycles. The van der Waals surface area contributed by atoms with Gasteiger partial charge in [0.1, 0.15) is 0 Å². The van der Waals surface area contributed by atoms with Gasteiger partial charge in [0.25, 0.3) is 0 Å². The van der Waals surface area contributed by atoms with E-state index in [-0.39, 0.29) is 0 Å². The van der Waals surface area contributed by atoms with Crippen molar-refractivity contribution in [1.82, 2.24) is 0 Å². The quantitative estimate of drug-likeness (QED) is 0.256. The summed E-state index contributed by atoms with van der Waals surface area (Å²) in [6.07, 6.45) is 0. The van der Waals surface area contributed by atoms with Gasteiger partial charge in [-0.15, -0.1) is 0 Å². The zero-order valence-electron chi connectivity index (χ0n) is 10.2. The van der Waals surface area contributed by atoms with E-state index in [0.29, 0.717) is 0 Å². The topological polar surface area (TPSA) is 130 Å². The molecule has 0 aromatic rings. The first kappa shape index (κ1) is 24.9. The number of rotatable bonds is 6. The summed E-state index contributed by atoms with van der Waals surface area (Å²) >= 11 is -6.87. The van der Waals surface area contributed by atoms with Gasteiger partial charge in [-0.05, 0) is 0 Å². The summed E-state index contributed by atoms with van der Waals surface area (Å²) in [4.78, 5) is 0. The Morgan fingerprint density at radius 2 is 0.640 bits per heavy atom. The van der Waals surface area contributed by atoms with E-state index >= 15 is 0 Å². The minimum atomic E-state index is -7.06. The van der Waals surface area contributed by atoms with Crippen molar-refractivity contribution in [2.75, 3.05) is 0 Å². The Hall–Kier alpha value is -0.0818. The molecule has 0 radical (unpaired) electrons. The van der Waals surface area contributed by atoms with Crippen LogP contribution in [0.4, 0.5) is 39.5 Å². The second-order valence-electron chi connectivity index (χ2n) is 3.15. The van der Waals surface area contributed by atoms with E-state index in [1.165, 1.54) is 0 Å². The van der Waals surface area contributed by atoms with Crippen molar-refractivity contribution in [2.24, 2.45) is 0 Å². The van der Waals surface area contributed by atoms with Crippen LogP contribution in [0.3, 0.4) is 0 Å². The molecular formula is C3F9O9S3Sb. The second-order valence-corrected chi connectivity index (χ2v) is 12.8. The number of halogens is 9. The molecule has 0 aliphatic rings. The van der Waals surface area contributed by atoms with Gasteiger partial charge in [0.05, 0.1) is 0 Å². The summed E-state index contributed by atoms with van der Waals surface area (Å²) in [5, 5.41) is 0. The fourth-order valence-electron chi connectivity index (χ4n) is 0.404. The van der Waals surface area contributed by atoms with E-state index in [1.807, 2.05) is 0 Å². The van der Waals surface area contributed by atoms with Crippen LogP contribution in [-0.2, 0) is 37.7 Å². The summed E-state index contributed by atoms with van der Waals surface area (Å²) in [5.41, 5.74) is -19.4. The minimum absolute atomic E-state index is 2.69. The van der Waals surface area contributed by atoms with Gasteiger partial charge in [0, 0.05) is 0 Å². The second kappa shape index (κ2) is 7.15. The summed E-state index contributed by atoms with van der Waals surface area (Å²) in [5.74, 6) is 0. The van der Waals surface area contributed by atoms with Gasteiger partial charge in [0.2, 0.25) is 0 Å². The van der Waals surface area contributed by atoms with Crippen molar-refractivity contribution < 1.29 is 72.2 Å². The number of hydrogen-bond donors (Lipinski definition) is 0. The molecule has 152 valence electrons. The van der Waals surface area contributed by atoms with Crippen molar-refractivity contribution in [1.29, 1.82) is 0 Å². The molecule has 0 unspecified atom stereocenters. The van der Waals surface area contributed by atoms with Crippen molar-refractivity contribution in [3.05, 3.63) is 0 Å². The van der Waals surface area contributed by atoms with Gasteiger partial charge >= 0.3 is 141 Å². The molecule has 0 rings (SSSR count). The monoisotopic (exact) mass is 568 g/mol.